The minimum Gasteiger partial charge on any atom is -0.481 e. The molecule has 2 aliphatic rings. The molecule has 0 saturated carbocycles. The number of halogens is 2. The van der Waals surface area contributed by atoms with Crippen molar-refractivity contribution in [2.24, 2.45) is 5.41 Å². The SMILES string of the molecule is Cc1cc(N2CC(c3c(Cl)cccc3Cl)C2)cc(C)c1CN1CCC(C)(CC(=O)O)CC1. The monoisotopic (exact) mass is 474 g/mol. The van der Waals surface area contributed by atoms with Crippen molar-refractivity contribution in [1.82, 2.24) is 4.90 Å². The second kappa shape index (κ2) is 9.24. The number of aliphatic carboxylic acids is 1. The van der Waals surface area contributed by atoms with Crippen molar-refractivity contribution in [3.05, 3.63) is 62.6 Å². The van der Waals surface area contributed by atoms with Crippen molar-refractivity contribution < 1.29 is 9.90 Å². The van der Waals surface area contributed by atoms with E-state index in [4.69, 9.17) is 23.2 Å². The normalized spacial score (nSPS) is 19.1. The molecule has 0 radical (unpaired) electrons. The van der Waals surface area contributed by atoms with E-state index in [-0.39, 0.29) is 11.8 Å². The zero-order chi connectivity index (χ0) is 23.0. The van der Waals surface area contributed by atoms with Gasteiger partial charge in [0, 0.05) is 41.3 Å². The molecule has 0 amide bonds. The molecule has 2 saturated heterocycles. The minimum atomic E-state index is -0.687. The van der Waals surface area contributed by atoms with Crippen LogP contribution in [0.15, 0.2) is 30.3 Å². The largest absolute Gasteiger partial charge is 0.481 e. The number of hydrogen-bond acceptors (Lipinski definition) is 3. The van der Waals surface area contributed by atoms with E-state index in [1.54, 1.807) is 0 Å². The highest BCUT2D eigenvalue weighted by molar-refractivity contribution is 6.36. The number of likely N-dealkylation sites (tertiary alicyclic amines) is 1. The van der Waals surface area contributed by atoms with E-state index >= 15 is 0 Å². The Kier molecular flexibility index (Phi) is 6.76. The molecule has 0 aliphatic carbocycles. The maximum atomic E-state index is 11.2. The van der Waals surface area contributed by atoms with Crippen LogP contribution in [0.5, 0.6) is 0 Å². The summed E-state index contributed by atoms with van der Waals surface area (Å²) in [4.78, 5) is 16.0. The molecule has 1 N–H and O–H groups in total. The zero-order valence-electron chi connectivity index (χ0n) is 19.1. The molecule has 32 heavy (non-hydrogen) atoms. The van der Waals surface area contributed by atoms with Crippen LogP contribution in [0.2, 0.25) is 10.0 Å². The van der Waals surface area contributed by atoms with Gasteiger partial charge in [0.15, 0.2) is 0 Å². The standard InChI is InChI=1S/C26H32Cl2N2O2/c1-17-11-20(30-14-19(15-30)25-22(27)5-4-6-23(25)28)12-18(2)21(17)16-29-9-7-26(3,8-10-29)13-24(31)32/h4-6,11-12,19H,7-10,13-16H2,1-3H3,(H,31,32). The maximum absolute atomic E-state index is 11.2. The highest BCUT2D eigenvalue weighted by atomic mass is 35.5. The van der Waals surface area contributed by atoms with E-state index < -0.39 is 5.97 Å². The van der Waals surface area contributed by atoms with E-state index in [9.17, 15) is 9.90 Å². The quantitative estimate of drug-likeness (QED) is 0.533. The Balaban J connectivity index is 1.39. The first-order chi connectivity index (χ1) is 15.1. The predicted molar refractivity (Wildman–Crippen MR) is 132 cm³/mol. The van der Waals surface area contributed by atoms with Gasteiger partial charge >= 0.3 is 5.97 Å². The third-order valence-electron chi connectivity index (χ3n) is 7.36. The lowest BCUT2D eigenvalue weighted by molar-refractivity contribution is -0.140. The molecule has 0 bridgehead atoms. The summed E-state index contributed by atoms with van der Waals surface area (Å²) in [7, 11) is 0. The Morgan fingerprint density at radius 2 is 1.66 bits per heavy atom. The second-order valence-electron chi connectivity index (χ2n) is 9.95. The molecule has 4 nitrogen and oxygen atoms in total. The van der Waals surface area contributed by atoms with Crippen molar-refractivity contribution in [3.63, 3.8) is 0 Å². The maximum Gasteiger partial charge on any atom is 0.303 e. The second-order valence-corrected chi connectivity index (χ2v) is 10.8. The van der Waals surface area contributed by atoms with Gasteiger partial charge < -0.3 is 10.0 Å². The predicted octanol–water partition coefficient (Wildman–Crippen LogP) is 6.29. The molecule has 4 rings (SSSR count). The molecule has 0 aromatic heterocycles. The van der Waals surface area contributed by atoms with E-state index in [0.717, 1.165) is 61.2 Å². The summed E-state index contributed by atoms with van der Waals surface area (Å²) in [5.41, 5.74) is 6.28. The van der Waals surface area contributed by atoms with Gasteiger partial charge in [0.2, 0.25) is 0 Å². The van der Waals surface area contributed by atoms with Gasteiger partial charge in [-0.15, -0.1) is 0 Å². The molecule has 2 fully saturated rings. The van der Waals surface area contributed by atoms with Gasteiger partial charge in [-0.25, -0.2) is 0 Å². The lowest BCUT2D eigenvalue weighted by Crippen LogP contribution is -2.45. The van der Waals surface area contributed by atoms with Crippen LogP contribution in [0, 0.1) is 19.3 Å². The van der Waals surface area contributed by atoms with Crippen molar-refractivity contribution >= 4 is 34.9 Å². The highest BCUT2D eigenvalue weighted by Gasteiger charge is 2.33. The molecule has 2 heterocycles. The molecule has 0 atom stereocenters. The van der Waals surface area contributed by atoms with E-state index in [1.165, 1.54) is 22.4 Å². The third kappa shape index (κ3) is 4.93. The van der Waals surface area contributed by atoms with Crippen LogP contribution in [0.3, 0.4) is 0 Å². The highest BCUT2D eigenvalue weighted by Crippen LogP contribution is 2.40. The van der Waals surface area contributed by atoms with Gasteiger partial charge in [-0.1, -0.05) is 36.2 Å². The van der Waals surface area contributed by atoms with Crippen LogP contribution >= 0.6 is 23.2 Å². The van der Waals surface area contributed by atoms with Gasteiger partial charge in [-0.3, -0.25) is 9.69 Å². The fraction of sp³-hybridized carbons (Fsp3) is 0.500. The van der Waals surface area contributed by atoms with Crippen molar-refractivity contribution in [2.45, 2.75) is 52.5 Å². The molecule has 0 unspecified atom stereocenters. The Morgan fingerprint density at radius 1 is 1.09 bits per heavy atom. The van der Waals surface area contributed by atoms with Crippen molar-refractivity contribution in [1.29, 1.82) is 0 Å². The fourth-order valence-corrected chi connectivity index (χ4v) is 5.90. The molecule has 0 spiro atoms. The number of rotatable bonds is 6. The van der Waals surface area contributed by atoms with Crippen LogP contribution in [0.4, 0.5) is 5.69 Å². The van der Waals surface area contributed by atoms with Gasteiger partial charge in [-0.05, 0) is 91.7 Å². The number of benzene rings is 2. The molecule has 2 aromatic rings. The van der Waals surface area contributed by atoms with Crippen LogP contribution in [-0.4, -0.2) is 42.2 Å². The third-order valence-corrected chi connectivity index (χ3v) is 8.02. The zero-order valence-corrected chi connectivity index (χ0v) is 20.6. The molecular weight excluding hydrogens is 443 g/mol. The number of piperidine rings is 1. The van der Waals surface area contributed by atoms with Crippen LogP contribution in [0.1, 0.15) is 54.4 Å². The Bertz CT molecular complexity index is 966. The van der Waals surface area contributed by atoms with Crippen molar-refractivity contribution in [2.75, 3.05) is 31.1 Å². The average molecular weight is 475 g/mol. The summed E-state index contributed by atoms with van der Waals surface area (Å²) in [5.74, 6) is -0.321. The number of carboxylic acid groups (broad SMARTS) is 1. The summed E-state index contributed by atoms with van der Waals surface area (Å²) in [6.45, 7) is 11.2. The van der Waals surface area contributed by atoms with E-state index in [1.807, 2.05) is 18.2 Å². The minimum absolute atomic E-state index is 0.0745. The average Bonchev–Trinajstić information content (AvgIpc) is 2.66. The van der Waals surface area contributed by atoms with Crippen LogP contribution in [-0.2, 0) is 11.3 Å². The molecular formula is C26H32Cl2N2O2. The van der Waals surface area contributed by atoms with Gasteiger partial charge in [0.1, 0.15) is 0 Å². The summed E-state index contributed by atoms with van der Waals surface area (Å²) in [6, 6.07) is 10.3. The number of carboxylic acids is 1. The van der Waals surface area contributed by atoms with E-state index in [0.29, 0.717) is 5.92 Å². The topological polar surface area (TPSA) is 43.8 Å². The lowest BCUT2D eigenvalue weighted by Gasteiger charge is -2.42. The van der Waals surface area contributed by atoms with Crippen LogP contribution in [0.25, 0.3) is 0 Å². The number of aryl methyl sites for hydroxylation is 2. The molecule has 172 valence electrons. The van der Waals surface area contributed by atoms with Gasteiger partial charge in [0.05, 0.1) is 6.42 Å². The van der Waals surface area contributed by atoms with Crippen molar-refractivity contribution in [3.8, 4) is 0 Å². The number of hydrogen-bond donors (Lipinski definition) is 1. The van der Waals surface area contributed by atoms with Crippen LogP contribution < -0.4 is 4.90 Å². The lowest BCUT2D eigenvalue weighted by atomic mass is 9.77. The van der Waals surface area contributed by atoms with Gasteiger partial charge in [-0.2, -0.15) is 0 Å². The molecule has 2 aliphatic heterocycles. The Hall–Kier alpha value is -1.75. The first kappa shape index (κ1) is 23.4. The van der Waals surface area contributed by atoms with E-state index in [2.05, 4.69) is 42.7 Å². The first-order valence-corrected chi connectivity index (χ1v) is 12.1. The number of carbonyl (C=O) groups is 1. The van der Waals surface area contributed by atoms with Gasteiger partial charge in [0.25, 0.3) is 0 Å². The Labute approximate surface area is 201 Å². The summed E-state index contributed by atoms with van der Waals surface area (Å²) in [6.07, 6.45) is 2.15. The molecule has 6 heteroatoms. The number of anilines is 1. The summed E-state index contributed by atoms with van der Waals surface area (Å²) >= 11 is 12.8. The smallest absolute Gasteiger partial charge is 0.303 e. The fourth-order valence-electron chi connectivity index (χ4n) is 5.19. The Morgan fingerprint density at radius 3 is 2.19 bits per heavy atom. The number of nitrogens with zero attached hydrogens (tertiary/aromatic N) is 2. The first-order valence-electron chi connectivity index (χ1n) is 11.4. The summed E-state index contributed by atoms with van der Waals surface area (Å²) < 4.78 is 0. The summed E-state index contributed by atoms with van der Waals surface area (Å²) in [5, 5.41) is 10.7. The molecule has 2 aromatic carbocycles.